The highest BCUT2D eigenvalue weighted by Gasteiger charge is 1.98. The van der Waals surface area contributed by atoms with E-state index in [1.54, 1.807) is 13.0 Å². The molecule has 0 unspecified atom stereocenters. The Morgan fingerprint density at radius 3 is 2.39 bits per heavy atom. The van der Waals surface area contributed by atoms with Gasteiger partial charge in [0.25, 0.3) is 0 Å². The van der Waals surface area contributed by atoms with Gasteiger partial charge in [0.15, 0.2) is 0 Å². The third-order valence-corrected chi connectivity index (χ3v) is 3.02. The maximum Gasteiger partial charge on any atom is 0.126 e. The summed E-state index contributed by atoms with van der Waals surface area (Å²) >= 11 is 0. The SMILES string of the molecule is Cc1ccc(CCNc2ccc(F)c(C)c2)cc1. The summed E-state index contributed by atoms with van der Waals surface area (Å²) in [6, 6.07) is 13.7. The van der Waals surface area contributed by atoms with Crippen LogP contribution in [0.5, 0.6) is 0 Å². The summed E-state index contributed by atoms with van der Waals surface area (Å²) in [5.74, 6) is -0.154. The van der Waals surface area contributed by atoms with E-state index in [2.05, 4.69) is 36.5 Å². The van der Waals surface area contributed by atoms with Crippen LogP contribution in [0.4, 0.5) is 10.1 Å². The van der Waals surface area contributed by atoms with Gasteiger partial charge >= 0.3 is 0 Å². The van der Waals surface area contributed by atoms with Gasteiger partial charge in [-0.05, 0) is 49.6 Å². The molecular weight excluding hydrogens is 225 g/mol. The molecule has 1 nitrogen and oxygen atoms in total. The van der Waals surface area contributed by atoms with E-state index in [-0.39, 0.29) is 5.82 Å². The van der Waals surface area contributed by atoms with Crippen molar-refractivity contribution in [3.05, 3.63) is 65.0 Å². The molecule has 0 aromatic heterocycles. The van der Waals surface area contributed by atoms with Gasteiger partial charge < -0.3 is 5.32 Å². The molecule has 0 aliphatic carbocycles. The smallest absolute Gasteiger partial charge is 0.126 e. The lowest BCUT2D eigenvalue weighted by atomic mass is 10.1. The topological polar surface area (TPSA) is 12.0 Å². The number of hydrogen-bond donors (Lipinski definition) is 1. The molecule has 18 heavy (non-hydrogen) atoms. The summed E-state index contributed by atoms with van der Waals surface area (Å²) in [4.78, 5) is 0. The van der Waals surface area contributed by atoms with E-state index in [1.807, 2.05) is 6.07 Å². The van der Waals surface area contributed by atoms with Crippen LogP contribution in [0.15, 0.2) is 42.5 Å². The summed E-state index contributed by atoms with van der Waals surface area (Å²) in [6.07, 6.45) is 0.969. The lowest BCUT2D eigenvalue weighted by Gasteiger charge is -2.08. The Morgan fingerprint density at radius 2 is 1.72 bits per heavy atom. The largest absolute Gasteiger partial charge is 0.385 e. The first-order chi connectivity index (χ1) is 8.65. The fourth-order valence-corrected chi connectivity index (χ4v) is 1.86. The average molecular weight is 243 g/mol. The molecule has 0 amide bonds. The Hall–Kier alpha value is -1.83. The molecule has 0 spiro atoms. The van der Waals surface area contributed by atoms with Crippen LogP contribution in [-0.2, 0) is 6.42 Å². The number of aryl methyl sites for hydroxylation is 2. The Bertz CT molecular complexity index is 517. The Labute approximate surface area is 108 Å². The van der Waals surface area contributed by atoms with Crippen molar-refractivity contribution in [1.82, 2.24) is 0 Å². The zero-order valence-electron chi connectivity index (χ0n) is 10.8. The molecule has 0 atom stereocenters. The van der Waals surface area contributed by atoms with Crippen molar-refractivity contribution in [2.45, 2.75) is 20.3 Å². The van der Waals surface area contributed by atoms with Gasteiger partial charge in [-0.25, -0.2) is 4.39 Å². The van der Waals surface area contributed by atoms with Crippen LogP contribution in [0.25, 0.3) is 0 Å². The van der Waals surface area contributed by atoms with Gasteiger partial charge in [-0.15, -0.1) is 0 Å². The summed E-state index contributed by atoms with van der Waals surface area (Å²) in [7, 11) is 0. The second-order valence-corrected chi connectivity index (χ2v) is 4.63. The van der Waals surface area contributed by atoms with Crippen LogP contribution >= 0.6 is 0 Å². The van der Waals surface area contributed by atoms with E-state index >= 15 is 0 Å². The molecule has 2 heteroatoms. The fraction of sp³-hybridized carbons (Fsp3) is 0.250. The molecule has 0 heterocycles. The average Bonchev–Trinajstić information content (AvgIpc) is 2.36. The molecule has 2 rings (SSSR count). The molecule has 94 valence electrons. The van der Waals surface area contributed by atoms with E-state index < -0.39 is 0 Å². The molecule has 0 saturated heterocycles. The summed E-state index contributed by atoms with van der Waals surface area (Å²) < 4.78 is 13.1. The van der Waals surface area contributed by atoms with Gasteiger partial charge in [0.2, 0.25) is 0 Å². The monoisotopic (exact) mass is 243 g/mol. The highest BCUT2D eigenvalue weighted by Crippen LogP contribution is 2.13. The van der Waals surface area contributed by atoms with Crippen LogP contribution in [0.2, 0.25) is 0 Å². The maximum atomic E-state index is 13.1. The first-order valence-corrected chi connectivity index (χ1v) is 6.21. The Morgan fingerprint density at radius 1 is 1.00 bits per heavy atom. The minimum absolute atomic E-state index is 0.154. The van der Waals surface area contributed by atoms with Gasteiger partial charge in [-0.2, -0.15) is 0 Å². The molecule has 0 aliphatic heterocycles. The number of anilines is 1. The predicted molar refractivity (Wildman–Crippen MR) is 74.5 cm³/mol. The standard InChI is InChI=1S/C16H18FN/c1-12-3-5-14(6-4-12)9-10-18-15-7-8-16(17)13(2)11-15/h3-8,11,18H,9-10H2,1-2H3. The van der Waals surface area contributed by atoms with E-state index in [0.29, 0.717) is 5.56 Å². The summed E-state index contributed by atoms with van der Waals surface area (Å²) in [5, 5.41) is 3.31. The van der Waals surface area contributed by atoms with Crippen molar-refractivity contribution in [3.63, 3.8) is 0 Å². The van der Waals surface area contributed by atoms with Crippen molar-refractivity contribution in [3.8, 4) is 0 Å². The molecular formula is C16H18FN. The minimum Gasteiger partial charge on any atom is -0.385 e. The van der Waals surface area contributed by atoms with Gasteiger partial charge in [0.05, 0.1) is 0 Å². The third kappa shape index (κ3) is 3.33. The molecule has 0 radical (unpaired) electrons. The maximum absolute atomic E-state index is 13.1. The number of rotatable bonds is 4. The van der Waals surface area contributed by atoms with Crippen LogP contribution in [-0.4, -0.2) is 6.54 Å². The quantitative estimate of drug-likeness (QED) is 0.852. The van der Waals surface area contributed by atoms with Crippen molar-refractivity contribution in [2.75, 3.05) is 11.9 Å². The van der Waals surface area contributed by atoms with E-state index in [4.69, 9.17) is 0 Å². The highest BCUT2D eigenvalue weighted by atomic mass is 19.1. The van der Waals surface area contributed by atoms with E-state index in [0.717, 1.165) is 18.7 Å². The van der Waals surface area contributed by atoms with Gasteiger partial charge in [0.1, 0.15) is 5.82 Å². The normalized spacial score (nSPS) is 10.4. The van der Waals surface area contributed by atoms with Crippen LogP contribution < -0.4 is 5.32 Å². The van der Waals surface area contributed by atoms with Gasteiger partial charge in [-0.3, -0.25) is 0 Å². The number of benzene rings is 2. The first-order valence-electron chi connectivity index (χ1n) is 6.21. The second-order valence-electron chi connectivity index (χ2n) is 4.63. The van der Waals surface area contributed by atoms with Crippen LogP contribution in [0, 0.1) is 19.7 Å². The number of nitrogens with one attached hydrogen (secondary N) is 1. The van der Waals surface area contributed by atoms with Gasteiger partial charge in [-0.1, -0.05) is 29.8 Å². The zero-order valence-corrected chi connectivity index (χ0v) is 10.8. The summed E-state index contributed by atoms with van der Waals surface area (Å²) in [5.41, 5.74) is 4.24. The zero-order chi connectivity index (χ0) is 13.0. The number of halogens is 1. The van der Waals surface area contributed by atoms with Crippen molar-refractivity contribution >= 4 is 5.69 Å². The van der Waals surface area contributed by atoms with Crippen LogP contribution in [0.3, 0.4) is 0 Å². The molecule has 1 N–H and O–H groups in total. The Kier molecular flexibility index (Phi) is 3.98. The van der Waals surface area contributed by atoms with E-state index in [9.17, 15) is 4.39 Å². The number of hydrogen-bond acceptors (Lipinski definition) is 1. The third-order valence-electron chi connectivity index (χ3n) is 3.02. The molecule has 0 saturated carbocycles. The first kappa shape index (κ1) is 12.6. The lowest BCUT2D eigenvalue weighted by Crippen LogP contribution is -2.05. The van der Waals surface area contributed by atoms with Crippen molar-refractivity contribution in [1.29, 1.82) is 0 Å². The van der Waals surface area contributed by atoms with Crippen molar-refractivity contribution in [2.24, 2.45) is 0 Å². The molecule has 0 fully saturated rings. The summed E-state index contributed by atoms with van der Waals surface area (Å²) in [6.45, 7) is 4.72. The molecule has 0 aliphatic rings. The second kappa shape index (κ2) is 5.67. The Balaban J connectivity index is 1.88. The van der Waals surface area contributed by atoms with E-state index in [1.165, 1.54) is 17.2 Å². The minimum atomic E-state index is -0.154. The molecule has 2 aromatic rings. The van der Waals surface area contributed by atoms with Crippen molar-refractivity contribution < 1.29 is 4.39 Å². The van der Waals surface area contributed by atoms with Gasteiger partial charge in [0, 0.05) is 12.2 Å². The van der Waals surface area contributed by atoms with Crippen LogP contribution in [0.1, 0.15) is 16.7 Å². The predicted octanol–water partition coefficient (Wildman–Crippen LogP) is 4.10. The lowest BCUT2D eigenvalue weighted by molar-refractivity contribution is 0.618. The highest BCUT2D eigenvalue weighted by molar-refractivity contribution is 5.46. The molecule has 2 aromatic carbocycles. The fourth-order valence-electron chi connectivity index (χ4n) is 1.86. The molecule has 0 bridgehead atoms.